The van der Waals surface area contributed by atoms with E-state index in [0.29, 0.717) is 12.0 Å². The quantitative estimate of drug-likeness (QED) is 0.755. The minimum atomic E-state index is -1.12. The van der Waals surface area contributed by atoms with Gasteiger partial charge >= 0.3 is 0 Å². The van der Waals surface area contributed by atoms with E-state index in [0.717, 1.165) is 5.57 Å². The largest absolute Gasteiger partial charge is 0.392 e. The van der Waals surface area contributed by atoms with Gasteiger partial charge in [0.1, 0.15) is 5.60 Å². The first kappa shape index (κ1) is 14.9. The van der Waals surface area contributed by atoms with Crippen LogP contribution in [0.15, 0.2) is 35.5 Å². The van der Waals surface area contributed by atoms with Crippen molar-refractivity contribution in [1.29, 1.82) is 0 Å². The molecule has 100 valence electrons. The van der Waals surface area contributed by atoms with Crippen molar-refractivity contribution in [1.82, 2.24) is 0 Å². The lowest BCUT2D eigenvalue weighted by Crippen LogP contribution is -2.48. The van der Waals surface area contributed by atoms with E-state index in [9.17, 15) is 9.90 Å². The van der Waals surface area contributed by atoms with Crippen LogP contribution in [0.5, 0.6) is 0 Å². The number of aliphatic hydroxyl groups is 2. The van der Waals surface area contributed by atoms with Gasteiger partial charge in [-0.05, 0) is 31.6 Å². The van der Waals surface area contributed by atoms with Crippen LogP contribution >= 0.6 is 0 Å². The van der Waals surface area contributed by atoms with Gasteiger partial charge in [-0.1, -0.05) is 31.6 Å². The van der Waals surface area contributed by atoms with Gasteiger partial charge in [0, 0.05) is 11.8 Å². The third-order valence-corrected chi connectivity index (χ3v) is 3.63. The minimum absolute atomic E-state index is 0.0225. The first-order valence-electron chi connectivity index (χ1n) is 6.14. The summed E-state index contributed by atoms with van der Waals surface area (Å²) in [4.78, 5) is 11.6. The summed E-state index contributed by atoms with van der Waals surface area (Å²) >= 11 is 0. The molecule has 0 aromatic rings. The standard InChI is InChI=1S/C15H22O3/c1-11(6-8-16)5-7-15(18)12(2)9-13(17)10-14(15,3)4/h5-7,9,16,18H,8,10H2,1-4H3/b7-5+,11-6+/t15-/m1/s1. The monoisotopic (exact) mass is 250 g/mol. The highest BCUT2D eigenvalue weighted by molar-refractivity contribution is 5.92. The summed E-state index contributed by atoms with van der Waals surface area (Å²) in [5, 5.41) is 19.6. The van der Waals surface area contributed by atoms with Crippen LogP contribution in [0, 0.1) is 5.41 Å². The molecule has 1 atom stereocenters. The van der Waals surface area contributed by atoms with E-state index in [4.69, 9.17) is 5.11 Å². The molecular formula is C15H22O3. The zero-order valence-electron chi connectivity index (χ0n) is 11.5. The molecule has 1 rings (SSSR count). The fourth-order valence-corrected chi connectivity index (χ4v) is 2.33. The van der Waals surface area contributed by atoms with E-state index >= 15 is 0 Å². The predicted molar refractivity (Wildman–Crippen MR) is 72.1 cm³/mol. The van der Waals surface area contributed by atoms with Gasteiger partial charge in [0.2, 0.25) is 0 Å². The van der Waals surface area contributed by atoms with Crippen molar-refractivity contribution in [2.24, 2.45) is 5.41 Å². The fraction of sp³-hybridized carbons (Fsp3) is 0.533. The molecule has 0 bridgehead atoms. The molecule has 0 unspecified atom stereocenters. The van der Waals surface area contributed by atoms with E-state index in [1.54, 1.807) is 25.2 Å². The molecule has 3 heteroatoms. The molecule has 0 radical (unpaired) electrons. The summed E-state index contributed by atoms with van der Waals surface area (Å²) in [6.45, 7) is 7.38. The molecule has 0 saturated carbocycles. The molecule has 0 aliphatic heterocycles. The molecule has 0 aromatic carbocycles. The number of ketones is 1. The second-order valence-electron chi connectivity index (χ2n) is 5.58. The van der Waals surface area contributed by atoms with Crippen LogP contribution in [-0.2, 0) is 4.79 Å². The van der Waals surface area contributed by atoms with E-state index in [2.05, 4.69) is 0 Å². The smallest absolute Gasteiger partial charge is 0.156 e. The van der Waals surface area contributed by atoms with Crippen molar-refractivity contribution in [3.05, 3.63) is 35.5 Å². The summed E-state index contributed by atoms with van der Waals surface area (Å²) in [6.07, 6.45) is 7.01. The molecule has 0 saturated heterocycles. The maximum Gasteiger partial charge on any atom is 0.156 e. The molecule has 0 amide bonds. The first-order chi connectivity index (χ1) is 8.23. The van der Waals surface area contributed by atoms with Crippen LogP contribution in [0.3, 0.4) is 0 Å². The maximum absolute atomic E-state index is 11.6. The lowest BCUT2D eigenvalue weighted by atomic mass is 9.64. The van der Waals surface area contributed by atoms with Gasteiger partial charge < -0.3 is 10.2 Å². The Morgan fingerprint density at radius 2 is 2.11 bits per heavy atom. The topological polar surface area (TPSA) is 57.5 Å². The summed E-state index contributed by atoms with van der Waals surface area (Å²) in [6, 6.07) is 0. The first-order valence-corrected chi connectivity index (χ1v) is 6.14. The second kappa shape index (κ2) is 5.21. The van der Waals surface area contributed by atoms with E-state index < -0.39 is 11.0 Å². The van der Waals surface area contributed by atoms with Crippen molar-refractivity contribution < 1.29 is 15.0 Å². The van der Waals surface area contributed by atoms with Crippen molar-refractivity contribution in [3.8, 4) is 0 Å². The van der Waals surface area contributed by atoms with Gasteiger partial charge in [0.15, 0.2) is 5.78 Å². The van der Waals surface area contributed by atoms with Crippen LogP contribution in [-0.4, -0.2) is 28.2 Å². The summed E-state index contributed by atoms with van der Waals surface area (Å²) in [7, 11) is 0. The van der Waals surface area contributed by atoms with Crippen LogP contribution in [0.25, 0.3) is 0 Å². The summed E-state index contributed by atoms with van der Waals surface area (Å²) < 4.78 is 0. The van der Waals surface area contributed by atoms with Gasteiger partial charge in [-0.25, -0.2) is 0 Å². The van der Waals surface area contributed by atoms with Gasteiger partial charge in [-0.2, -0.15) is 0 Å². The Labute approximate surface area is 109 Å². The predicted octanol–water partition coefficient (Wildman–Crippen LogP) is 2.16. The molecule has 2 N–H and O–H groups in total. The Hall–Kier alpha value is -1.19. The molecule has 3 nitrogen and oxygen atoms in total. The number of hydrogen-bond donors (Lipinski definition) is 2. The molecule has 0 fully saturated rings. The van der Waals surface area contributed by atoms with Crippen molar-refractivity contribution >= 4 is 5.78 Å². The van der Waals surface area contributed by atoms with Gasteiger partial charge in [0.25, 0.3) is 0 Å². The maximum atomic E-state index is 11.6. The highest BCUT2D eigenvalue weighted by Gasteiger charge is 2.46. The molecule has 0 spiro atoms. The van der Waals surface area contributed by atoms with Crippen molar-refractivity contribution in [2.45, 2.75) is 39.7 Å². The van der Waals surface area contributed by atoms with Gasteiger partial charge in [-0.15, -0.1) is 0 Å². The van der Waals surface area contributed by atoms with Crippen LogP contribution < -0.4 is 0 Å². The number of carbonyl (C=O) groups is 1. The molecule has 0 aromatic heterocycles. The van der Waals surface area contributed by atoms with E-state index in [1.165, 1.54) is 6.08 Å². The highest BCUT2D eigenvalue weighted by Crippen LogP contribution is 2.44. The number of hydrogen-bond acceptors (Lipinski definition) is 3. The lowest BCUT2D eigenvalue weighted by Gasteiger charge is -2.44. The summed E-state index contributed by atoms with van der Waals surface area (Å²) in [5.74, 6) is 0.0539. The third-order valence-electron chi connectivity index (χ3n) is 3.63. The van der Waals surface area contributed by atoms with Crippen LogP contribution in [0.4, 0.5) is 0 Å². The third kappa shape index (κ3) is 2.79. The zero-order valence-corrected chi connectivity index (χ0v) is 11.5. The van der Waals surface area contributed by atoms with Gasteiger partial charge in [-0.3, -0.25) is 4.79 Å². The number of aliphatic hydroxyl groups excluding tert-OH is 1. The Morgan fingerprint density at radius 3 is 2.61 bits per heavy atom. The molecule has 0 heterocycles. The molecule has 18 heavy (non-hydrogen) atoms. The van der Waals surface area contributed by atoms with Crippen molar-refractivity contribution in [3.63, 3.8) is 0 Å². The molecule has 1 aliphatic rings. The molecule has 1 aliphatic carbocycles. The number of rotatable bonds is 3. The van der Waals surface area contributed by atoms with Crippen LogP contribution in [0.2, 0.25) is 0 Å². The second-order valence-corrected chi connectivity index (χ2v) is 5.58. The minimum Gasteiger partial charge on any atom is -0.392 e. The fourth-order valence-electron chi connectivity index (χ4n) is 2.33. The number of allylic oxidation sites excluding steroid dienone is 3. The number of carbonyl (C=O) groups excluding carboxylic acids is 1. The SMILES string of the molecule is CC1=CC(=O)CC(C)(C)[C@@]1(O)/C=C/C(C)=C/CO. The Kier molecular flexibility index (Phi) is 4.30. The van der Waals surface area contributed by atoms with E-state index in [1.807, 2.05) is 20.8 Å². The average Bonchev–Trinajstić information content (AvgIpc) is 2.23. The molecular weight excluding hydrogens is 228 g/mol. The van der Waals surface area contributed by atoms with E-state index in [-0.39, 0.29) is 12.4 Å². The summed E-state index contributed by atoms with van der Waals surface area (Å²) in [5.41, 5.74) is -0.104. The normalized spacial score (nSPS) is 28.7. The Balaban J connectivity index is 3.13. The zero-order chi connectivity index (χ0) is 14.0. The van der Waals surface area contributed by atoms with Gasteiger partial charge in [0.05, 0.1) is 6.61 Å². The lowest BCUT2D eigenvalue weighted by molar-refractivity contribution is -0.121. The Morgan fingerprint density at radius 1 is 1.50 bits per heavy atom. The average molecular weight is 250 g/mol. The Bertz CT molecular complexity index is 427. The van der Waals surface area contributed by atoms with Crippen LogP contribution in [0.1, 0.15) is 34.1 Å². The van der Waals surface area contributed by atoms with Crippen molar-refractivity contribution in [2.75, 3.05) is 6.61 Å². The highest BCUT2D eigenvalue weighted by atomic mass is 16.3.